The molecule has 0 heterocycles. The van der Waals surface area contributed by atoms with Gasteiger partial charge in [0.25, 0.3) is 0 Å². The third-order valence-corrected chi connectivity index (χ3v) is 3.75. The van der Waals surface area contributed by atoms with Crippen LogP contribution in [0.3, 0.4) is 0 Å². The van der Waals surface area contributed by atoms with Gasteiger partial charge in [-0.1, -0.05) is 39.2 Å². The maximum absolute atomic E-state index is 5.83. The molecule has 0 aliphatic rings. The van der Waals surface area contributed by atoms with Crippen molar-refractivity contribution in [3.05, 3.63) is 23.8 Å². The first-order valence-corrected chi connectivity index (χ1v) is 8.24. The molecule has 0 aromatic heterocycles. The third-order valence-electron chi connectivity index (χ3n) is 3.75. The van der Waals surface area contributed by atoms with E-state index < -0.39 is 0 Å². The molecule has 1 aromatic rings. The number of hydrogen-bond acceptors (Lipinski definition) is 3. The molecule has 1 rings (SSSR count). The van der Waals surface area contributed by atoms with Crippen molar-refractivity contribution in [2.75, 3.05) is 13.7 Å². The van der Waals surface area contributed by atoms with Crippen LogP contribution in [0.1, 0.15) is 58.4 Å². The molecular formula is C18H31NO2. The topological polar surface area (TPSA) is 30.5 Å². The van der Waals surface area contributed by atoms with Crippen LogP contribution in [0.5, 0.6) is 11.5 Å². The van der Waals surface area contributed by atoms with Crippen molar-refractivity contribution in [3.8, 4) is 11.5 Å². The predicted octanol–water partition coefficient (Wildman–Crippen LogP) is 4.54. The van der Waals surface area contributed by atoms with E-state index in [-0.39, 0.29) is 0 Å². The minimum atomic E-state index is 0.533. The molecule has 1 atom stereocenters. The molecule has 0 aliphatic heterocycles. The van der Waals surface area contributed by atoms with E-state index in [2.05, 4.69) is 38.2 Å². The molecule has 3 nitrogen and oxygen atoms in total. The summed E-state index contributed by atoms with van der Waals surface area (Å²) < 4.78 is 11.3. The Bertz CT molecular complexity index is 393. The number of benzene rings is 1. The fourth-order valence-electron chi connectivity index (χ4n) is 2.09. The van der Waals surface area contributed by atoms with Gasteiger partial charge >= 0.3 is 0 Å². The number of hydrogen-bond donors (Lipinski definition) is 1. The summed E-state index contributed by atoms with van der Waals surface area (Å²) in [6.45, 7) is 8.23. The molecule has 0 saturated heterocycles. The molecule has 120 valence electrons. The average molecular weight is 293 g/mol. The van der Waals surface area contributed by atoms with Crippen molar-refractivity contribution < 1.29 is 9.47 Å². The van der Waals surface area contributed by atoms with Crippen molar-refractivity contribution >= 4 is 0 Å². The van der Waals surface area contributed by atoms with Crippen LogP contribution in [0.25, 0.3) is 0 Å². The van der Waals surface area contributed by atoms with E-state index in [4.69, 9.17) is 9.47 Å². The van der Waals surface area contributed by atoms with Crippen LogP contribution in [0, 0.1) is 0 Å². The molecule has 1 aromatic carbocycles. The van der Waals surface area contributed by atoms with Crippen molar-refractivity contribution in [1.82, 2.24) is 5.32 Å². The molecule has 0 aliphatic carbocycles. The van der Waals surface area contributed by atoms with Gasteiger partial charge in [-0.3, -0.25) is 0 Å². The fourth-order valence-corrected chi connectivity index (χ4v) is 2.09. The average Bonchev–Trinajstić information content (AvgIpc) is 2.52. The Morgan fingerprint density at radius 1 is 1.10 bits per heavy atom. The first-order valence-electron chi connectivity index (χ1n) is 8.24. The minimum absolute atomic E-state index is 0.533. The number of ether oxygens (including phenoxy) is 2. The van der Waals surface area contributed by atoms with E-state index in [1.165, 1.54) is 24.8 Å². The first-order chi connectivity index (χ1) is 10.2. The quantitative estimate of drug-likeness (QED) is 0.607. The number of nitrogens with one attached hydrogen (secondary N) is 1. The Hall–Kier alpha value is -1.22. The smallest absolute Gasteiger partial charge is 0.161 e. The molecule has 3 heteroatoms. The second-order valence-electron chi connectivity index (χ2n) is 5.58. The highest BCUT2D eigenvalue weighted by Gasteiger charge is 2.06. The molecule has 0 spiro atoms. The summed E-state index contributed by atoms with van der Waals surface area (Å²) >= 11 is 0. The normalized spacial score (nSPS) is 12.2. The molecule has 0 fully saturated rings. The third kappa shape index (κ3) is 6.85. The lowest BCUT2D eigenvalue weighted by atomic mass is 10.1. The van der Waals surface area contributed by atoms with Gasteiger partial charge in [-0.2, -0.15) is 0 Å². The van der Waals surface area contributed by atoms with Crippen LogP contribution in [-0.2, 0) is 6.54 Å². The molecule has 1 unspecified atom stereocenters. The van der Waals surface area contributed by atoms with Crippen molar-refractivity contribution in [2.24, 2.45) is 0 Å². The number of rotatable bonds is 11. The minimum Gasteiger partial charge on any atom is -0.493 e. The van der Waals surface area contributed by atoms with Crippen LogP contribution in [-0.4, -0.2) is 19.8 Å². The maximum atomic E-state index is 5.83. The van der Waals surface area contributed by atoms with E-state index in [9.17, 15) is 0 Å². The monoisotopic (exact) mass is 293 g/mol. The van der Waals surface area contributed by atoms with E-state index >= 15 is 0 Å². The molecule has 21 heavy (non-hydrogen) atoms. The van der Waals surface area contributed by atoms with E-state index in [0.29, 0.717) is 6.04 Å². The SMILES string of the molecule is CCCCCCOc1ccc(CNC(C)CC)cc1OC. The highest BCUT2D eigenvalue weighted by Crippen LogP contribution is 2.28. The number of unbranched alkanes of at least 4 members (excludes halogenated alkanes) is 3. The van der Waals surface area contributed by atoms with Gasteiger partial charge in [-0.05, 0) is 37.5 Å². The number of methoxy groups -OCH3 is 1. The second kappa shape index (κ2) is 10.5. The van der Waals surface area contributed by atoms with Crippen LogP contribution in [0.2, 0.25) is 0 Å². The van der Waals surface area contributed by atoms with Gasteiger partial charge in [-0.15, -0.1) is 0 Å². The Balaban J connectivity index is 2.49. The highest BCUT2D eigenvalue weighted by atomic mass is 16.5. The van der Waals surface area contributed by atoms with Gasteiger partial charge in [0.2, 0.25) is 0 Å². The van der Waals surface area contributed by atoms with Gasteiger partial charge in [-0.25, -0.2) is 0 Å². The van der Waals surface area contributed by atoms with Crippen molar-refractivity contribution in [1.29, 1.82) is 0 Å². The maximum Gasteiger partial charge on any atom is 0.161 e. The lowest BCUT2D eigenvalue weighted by Gasteiger charge is -2.14. The van der Waals surface area contributed by atoms with Gasteiger partial charge in [0.05, 0.1) is 13.7 Å². The summed E-state index contributed by atoms with van der Waals surface area (Å²) in [5.74, 6) is 1.68. The summed E-state index contributed by atoms with van der Waals surface area (Å²) in [5.41, 5.74) is 1.23. The van der Waals surface area contributed by atoms with E-state index in [1.54, 1.807) is 7.11 Å². The summed E-state index contributed by atoms with van der Waals surface area (Å²) in [5, 5.41) is 3.49. The van der Waals surface area contributed by atoms with Gasteiger partial charge in [0, 0.05) is 12.6 Å². The lowest BCUT2D eigenvalue weighted by molar-refractivity contribution is 0.285. The van der Waals surface area contributed by atoms with Crippen molar-refractivity contribution in [2.45, 2.75) is 65.5 Å². The lowest BCUT2D eigenvalue weighted by Crippen LogP contribution is -2.24. The zero-order chi connectivity index (χ0) is 15.5. The van der Waals surface area contributed by atoms with Gasteiger partial charge in [0.15, 0.2) is 11.5 Å². The Morgan fingerprint density at radius 2 is 1.90 bits per heavy atom. The molecule has 0 amide bonds. The van der Waals surface area contributed by atoms with Crippen LogP contribution < -0.4 is 14.8 Å². The molecule has 0 bridgehead atoms. The molecular weight excluding hydrogens is 262 g/mol. The van der Waals surface area contributed by atoms with Crippen LogP contribution >= 0.6 is 0 Å². The highest BCUT2D eigenvalue weighted by molar-refractivity contribution is 5.42. The molecule has 0 saturated carbocycles. The second-order valence-corrected chi connectivity index (χ2v) is 5.58. The Labute approximate surface area is 130 Å². The standard InChI is InChI=1S/C18H31NO2/c1-5-7-8-9-12-21-17-11-10-16(13-18(17)20-4)14-19-15(3)6-2/h10-11,13,15,19H,5-9,12,14H2,1-4H3. The largest absolute Gasteiger partial charge is 0.493 e. The first kappa shape index (κ1) is 17.8. The Kier molecular flexibility index (Phi) is 8.91. The predicted molar refractivity (Wildman–Crippen MR) is 89.2 cm³/mol. The van der Waals surface area contributed by atoms with Crippen LogP contribution in [0.15, 0.2) is 18.2 Å². The summed E-state index contributed by atoms with van der Waals surface area (Å²) in [6, 6.07) is 6.73. The zero-order valence-corrected chi connectivity index (χ0v) is 14.1. The van der Waals surface area contributed by atoms with Gasteiger partial charge in [0.1, 0.15) is 0 Å². The Morgan fingerprint density at radius 3 is 2.57 bits per heavy atom. The van der Waals surface area contributed by atoms with E-state index in [1.807, 2.05) is 6.07 Å². The van der Waals surface area contributed by atoms with Gasteiger partial charge < -0.3 is 14.8 Å². The fraction of sp³-hybridized carbons (Fsp3) is 0.667. The van der Waals surface area contributed by atoms with Crippen LogP contribution in [0.4, 0.5) is 0 Å². The summed E-state index contributed by atoms with van der Waals surface area (Å²) in [7, 11) is 1.70. The molecule has 1 N–H and O–H groups in total. The van der Waals surface area contributed by atoms with E-state index in [0.717, 1.165) is 37.5 Å². The summed E-state index contributed by atoms with van der Waals surface area (Å²) in [6.07, 6.45) is 6.00. The summed E-state index contributed by atoms with van der Waals surface area (Å²) in [4.78, 5) is 0. The molecule has 0 radical (unpaired) electrons. The zero-order valence-electron chi connectivity index (χ0n) is 14.1. The van der Waals surface area contributed by atoms with Crippen molar-refractivity contribution in [3.63, 3.8) is 0 Å².